The first kappa shape index (κ1) is 13.2. The van der Waals surface area contributed by atoms with Crippen LogP contribution in [0.3, 0.4) is 0 Å². The summed E-state index contributed by atoms with van der Waals surface area (Å²) in [6, 6.07) is 4.79. The molecule has 2 N–H and O–H groups in total. The minimum absolute atomic E-state index is 0.0574. The summed E-state index contributed by atoms with van der Waals surface area (Å²) < 4.78 is 0. The van der Waals surface area contributed by atoms with Gasteiger partial charge in [0.25, 0.3) is 0 Å². The van der Waals surface area contributed by atoms with E-state index in [-0.39, 0.29) is 24.3 Å². The van der Waals surface area contributed by atoms with Crippen molar-refractivity contribution in [1.82, 2.24) is 5.32 Å². The second-order valence-electron chi connectivity index (χ2n) is 4.16. The topological polar surface area (TPSA) is 58.2 Å². The molecule has 0 heterocycles. The third-order valence-corrected chi connectivity index (χ3v) is 3.14. The van der Waals surface area contributed by atoms with Crippen LogP contribution >= 0.6 is 23.2 Å². The van der Waals surface area contributed by atoms with Crippen LogP contribution in [0.2, 0.25) is 10.0 Å². The summed E-state index contributed by atoms with van der Waals surface area (Å²) in [7, 11) is 0. The summed E-state index contributed by atoms with van der Waals surface area (Å²) in [5.74, 6) is -0.303. The molecular formula is C12H12Cl2N2O2. The zero-order chi connectivity index (χ0) is 13.1. The van der Waals surface area contributed by atoms with Crippen LogP contribution in [-0.2, 0) is 9.59 Å². The highest BCUT2D eigenvalue weighted by molar-refractivity contribution is 6.35. The summed E-state index contributed by atoms with van der Waals surface area (Å²) in [5, 5.41) is 6.05. The van der Waals surface area contributed by atoms with Crippen molar-refractivity contribution in [2.45, 2.75) is 12.8 Å². The van der Waals surface area contributed by atoms with E-state index in [9.17, 15) is 9.59 Å². The van der Waals surface area contributed by atoms with E-state index in [2.05, 4.69) is 10.6 Å². The van der Waals surface area contributed by atoms with Crippen molar-refractivity contribution >= 4 is 40.7 Å². The monoisotopic (exact) mass is 286 g/mol. The molecule has 0 aliphatic heterocycles. The van der Waals surface area contributed by atoms with Gasteiger partial charge in [-0.2, -0.15) is 0 Å². The van der Waals surface area contributed by atoms with E-state index >= 15 is 0 Å². The molecular weight excluding hydrogens is 275 g/mol. The number of anilines is 1. The van der Waals surface area contributed by atoms with Crippen LogP contribution in [0.5, 0.6) is 0 Å². The van der Waals surface area contributed by atoms with Gasteiger partial charge in [0.2, 0.25) is 11.8 Å². The molecule has 1 saturated carbocycles. The fourth-order valence-corrected chi connectivity index (χ4v) is 1.78. The first-order valence-electron chi connectivity index (χ1n) is 5.59. The predicted octanol–water partition coefficient (Wildman–Crippen LogP) is 2.46. The van der Waals surface area contributed by atoms with Crippen LogP contribution in [0.1, 0.15) is 12.8 Å². The van der Waals surface area contributed by atoms with Gasteiger partial charge < -0.3 is 10.6 Å². The summed E-state index contributed by atoms with van der Waals surface area (Å²) in [4.78, 5) is 22.9. The highest BCUT2D eigenvalue weighted by Gasteiger charge is 2.29. The van der Waals surface area contributed by atoms with Crippen LogP contribution in [0.25, 0.3) is 0 Å². The molecule has 0 atom stereocenters. The van der Waals surface area contributed by atoms with Gasteiger partial charge >= 0.3 is 0 Å². The number of hydrogen-bond acceptors (Lipinski definition) is 2. The molecule has 4 nitrogen and oxygen atoms in total. The van der Waals surface area contributed by atoms with E-state index in [1.165, 1.54) is 0 Å². The van der Waals surface area contributed by atoms with Crippen molar-refractivity contribution in [2.24, 2.45) is 5.92 Å². The van der Waals surface area contributed by atoms with E-state index in [1.807, 2.05) is 0 Å². The van der Waals surface area contributed by atoms with Gasteiger partial charge in [-0.3, -0.25) is 9.59 Å². The third-order valence-electron chi connectivity index (χ3n) is 2.57. The minimum atomic E-state index is -0.326. The summed E-state index contributed by atoms with van der Waals surface area (Å²) in [6.45, 7) is -0.0574. The summed E-state index contributed by atoms with van der Waals surface area (Å²) >= 11 is 11.7. The molecule has 0 radical (unpaired) electrons. The van der Waals surface area contributed by atoms with Crippen molar-refractivity contribution in [1.29, 1.82) is 0 Å². The molecule has 6 heteroatoms. The molecule has 0 spiro atoms. The molecule has 0 bridgehead atoms. The highest BCUT2D eigenvalue weighted by Crippen LogP contribution is 2.28. The van der Waals surface area contributed by atoms with Crippen molar-refractivity contribution in [3.05, 3.63) is 28.2 Å². The quantitative estimate of drug-likeness (QED) is 0.893. The molecule has 0 unspecified atom stereocenters. The molecule has 0 aromatic heterocycles. The lowest BCUT2D eigenvalue weighted by molar-refractivity contribution is -0.125. The van der Waals surface area contributed by atoms with E-state index in [0.29, 0.717) is 15.7 Å². The van der Waals surface area contributed by atoms with E-state index in [0.717, 1.165) is 12.8 Å². The fourth-order valence-electron chi connectivity index (χ4n) is 1.44. The number of benzene rings is 1. The van der Waals surface area contributed by atoms with Gasteiger partial charge in [0, 0.05) is 10.9 Å². The largest absolute Gasteiger partial charge is 0.347 e. The Morgan fingerprint density at radius 2 is 2.00 bits per heavy atom. The summed E-state index contributed by atoms with van der Waals surface area (Å²) in [5.41, 5.74) is 0.440. The van der Waals surface area contributed by atoms with Crippen molar-refractivity contribution in [2.75, 3.05) is 11.9 Å². The Hall–Kier alpha value is -1.26. The molecule has 1 aromatic carbocycles. The van der Waals surface area contributed by atoms with Crippen LogP contribution in [-0.4, -0.2) is 18.4 Å². The number of halogens is 2. The normalized spacial score (nSPS) is 14.1. The average molecular weight is 287 g/mol. The van der Waals surface area contributed by atoms with E-state index in [4.69, 9.17) is 23.2 Å². The zero-order valence-electron chi connectivity index (χ0n) is 9.50. The maximum atomic E-state index is 11.6. The van der Waals surface area contributed by atoms with Gasteiger partial charge in [0.05, 0.1) is 17.3 Å². The van der Waals surface area contributed by atoms with Crippen molar-refractivity contribution < 1.29 is 9.59 Å². The zero-order valence-corrected chi connectivity index (χ0v) is 11.0. The van der Waals surface area contributed by atoms with Crippen molar-refractivity contribution in [3.8, 4) is 0 Å². The number of nitrogens with one attached hydrogen (secondary N) is 2. The van der Waals surface area contributed by atoms with Gasteiger partial charge in [-0.1, -0.05) is 23.2 Å². The number of hydrogen-bond donors (Lipinski definition) is 2. The highest BCUT2D eigenvalue weighted by atomic mass is 35.5. The minimum Gasteiger partial charge on any atom is -0.347 e. The van der Waals surface area contributed by atoms with E-state index in [1.54, 1.807) is 18.2 Å². The molecule has 2 amide bonds. The van der Waals surface area contributed by atoms with Crippen LogP contribution < -0.4 is 10.6 Å². The second-order valence-corrected chi connectivity index (χ2v) is 5.01. The lowest BCUT2D eigenvalue weighted by Gasteiger charge is -2.08. The van der Waals surface area contributed by atoms with Gasteiger partial charge in [-0.05, 0) is 31.0 Å². The fraction of sp³-hybridized carbons (Fsp3) is 0.333. The average Bonchev–Trinajstić information content (AvgIpc) is 3.15. The SMILES string of the molecule is O=C(CNC(=O)C1CC1)Nc1cc(Cl)ccc1Cl. The van der Waals surface area contributed by atoms with Gasteiger partial charge in [-0.25, -0.2) is 0 Å². The van der Waals surface area contributed by atoms with Crippen LogP contribution in [0, 0.1) is 5.92 Å². The first-order valence-corrected chi connectivity index (χ1v) is 6.34. The Kier molecular flexibility index (Phi) is 4.09. The Morgan fingerprint density at radius 3 is 2.67 bits per heavy atom. The Bertz CT molecular complexity index is 487. The smallest absolute Gasteiger partial charge is 0.243 e. The summed E-state index contributed by atoms with van der Waals surface area (Å²) in [6.07, 6.45) is 1.82. The molecule has 1 aromatic rings. The van der Waals surface area contributed by atoms with Crippen molar-refractivity contribution in [3.63, 3.8) is 0 Å². The van der Waals surface area contributed by atoms with Crippen LogP contribution in [0.15, 0.2) is 18.2 Å². The standard InChI is InChI=1S/C12H12Cl2N2O2/c13-8-3-4-9(14)10(5-8)16-11(17)6-15-12(18)7-1-2-7/h3-5,7H,1-2,6H2,(H,15,18)(H,16,17). The lowest BCUT2D eigenvalue weighted by Crippen LogP contribution is -2.33. The van der Waals surface area contributed by atoms with Gasteiger partial charge in [0.1, 0.15) is 0 Å². The molecule has 18 heavy (non-hydrogen) atoms. The predicted molar refractivity (Wildman–Crippen MR) is 70.8 cm³/mol. The Morgan fingerprint density at radius 1 is 1.28 bits per heavy atom. The number of carbonyl (C=O) groups is 2. The molecule has 0 saturated heterocycles. The second kappa shape index (κ2) is 5.59. The van der Waals surface area contributed by atoms with Crippen LogP contribution in [0.4, 0.5) is 5.69 Å². The molecule has 1 fully saturated rings. The number of amides is 2. The maximum absolute atomic E-state index is 11.6. The van der Waals surface area contributed by atoms with Gasteiger partial charge in [-0.15, -0.1) is 0 Å². The first-order chi connectivity index (χ1) is 8.56. The lowest BCUT2D eigenvalue weighted by atomic mass is 10.3. The van der Waals surface area contributed by atoms with Gasteiger partial charge in [0.15, 0.2) is 0 Å². The third kappa shape index (κ3) is 3.62. The molecule has 1 aliphatic carbocycles. The molecule has 1 aliphatic rings. The maximum Gasteiger partial charge on any atom is 0.243 e. The Labute approximate surface area is 115 Å². The Balaban J connectivity index is 1.86. The number of carbonyl (C=O) groups excluding carboxylic acids is 2. The van der Waals surface area contributed by atoms with E-state index < -0.39 is 0 Å². The number of rotatable bonds is 4. The molecule has 2 rings (SSSR count). The molecule has 96 valence electrons.